The summed E-state index contributed by atoms with van der Waals surface area (Å²) in [4.78, 5) is 43.5. The lowest BCUT2D eigenvalue weighted by Crippen LogP contribution is -2.33. The number of ether oxygens (including phenoxy) is 2. The first-order valence-corrected chi connectivity index (χ1v) is 11.3. The minimum absolute atomic E-state index is 0.167. The number of rotatable bonds is 7. The Morgan fingerprint density at radius 2 is 1.39 bits per heavy atom. The van der Waals surface area contributed by atoms with Gasteiger partial charge in [-0.25, -0.2) is 4.79 Å². The zero-order chi connectivity index (χ0) is 25.6. The molecule has 2 heterocycles. The first-order chi connectivity index (χ1) is 17.3. The van der Waals surface area contributed by atoms with Crippen LogP contribution in [0.15, 0.2) is 59.4 Å². The molecule has 2 N–H and O–H groups in total. The molecule has 1 aliphatic heterocycles. The van der Waals surface area contributed by atoms with Gasteiger partial charge in [-0.3, -0.25) is 18.7 Å². The number of nitrogen functional groups attached to an aromatic ring is 1. The molecule has 10 nitrogen and oxygen atoms in total. The van der Waals surface area contributed by atoms with Crippen molar-refractivity contribution in [3.8, 4) is 23.0 Å². The van der Waals surface area contributed by atoms with E-state index in [0.717, 1.165) is 6.42 Å². The normalized spacial score (nSPS) is 12.8. The number of nitrogens with zero attached hydrogens (tertiary/aromatic N) is 3. The molecule has 10 heteroatoms. The van der Waals surface area contributed by atoms with Crippen LogP contribution in [0.25, 0.3) is 11.0 Å². The van der Waals surface area contributed by atoms with E-state index in [1.807, 2.05) is 6.92 Å². The molecule has 3 aromatic carbocycles. The summed E-state index contributed by atoms with van der Waals surface area (Å²) < 4.78 is 14.8. The summed E-state index contributed by atoms with van der Waals surface area (Å²) in [5.41, 5.74) is 8.22. The zero-order valence-electron chi connectivity index (χ0n) is 20.0. The van der Waals surface area contributed by atoms with Crippen molar-refractivity contribution >= 4 is 28.5 Å². The molecule has 0 aliphatic carbocycles. The molecule has 0 fully saturated rings. The molecule has 184 valence electrons. The fourth-order valence-corrected chi connectivity index (χ4v) is 4.07. The lowest BCUT2D eigenvalue weighted by Gasteiger charge is -2.17. The van der Waals surface area contributed by atoms with Gasteiger partial charge >= 0.3 is 5.69 Å². The molecule has 0 spiro atoms. The van der Waals surface area contributed by atoms with Gasteiger partial charge in [-0.1, -0.05) is 24.1 Å². The minimum atomic E-state index is -0.558. The molecule has 0 radical (unpaired) electrons. The molecular weight excluding hydrogens is 464 g/mol. The standard InChI is InChI=1S/C26H24N4O6/c1-4-9-34-15-10-16(35-23-14-22-21(13-20(23)27)28(2)26(33)29(22)3)12-17(11-15)36-30-24(31)18-7-5-6-8-19(18)25(30)32/h5-8,10-14H,4,9,27H2,1-3H3. The highest BCUT2D eigenvalue weighted by molar-refractivity contribution is 6.20. The molecule has 0 saturated carbocycles. The van der Waals surface area contributed by atoms with Crippen molar-refractivity contribution in [3.63, 3.8) is 0 Å². The van der Waals surface area contributed by atoms with Crippen molar-refractivity contribution < 1.29 is 23.9 Å². The second-order valence-electron chi connectivity index (χ2n) is 8.41. The molecule has 36 heavy (non-hydrogen) atoms. The Balaban J connectivity index is 1.49. The summed E-state index contributed by atoms with van der Waals surface area (Å²) in [7, 11) is 3.33. The number of carbonyl (C=O) groups is 2. The van der Waals surface area contributed by atoms with E-state index in [2.05, 4.69) is 0 Å². The van der Waals surface area contributed by atoms with Crippen molar-refractivity contribution in [2.24, 2.45) is 14.1 Å². The second kappa shape index (κ2) is 8.81. The maximum Gasteiger partial charge on any atom is 0.328 e. The molecule has 0 atom stereocenters. The van der Waals surface area contributed by atoms with Crippen LogP contribution in [0.5, 0.6) is 23.0 Å². The lowest BCUT2D eigenvalue weighted by molar-refractivity contribution is -0.0143. The maximum absolute atomic E-state index is 12.7. The van der Waals surface area contributed by atoms with Crippen LogP contribution >= 0.6 is 0 Å². The maximum atomic E-state index is 12.7. The smallest absolute Gasteiger partial charge is 0.328 e. The highest BCUT2D eigenvalue weighted by atomic mass is 16.7. The largest absolute Gasteiger partial charge is 0.493 e. The van der Waals surface area contributed by atoms with Crippen molar-refractivity contribution in [2.45, 2.75) is 13.3 Å². The quantitative estimate of drug-likeness (QED) is 0.312. The van der Waals surface area contributed by atoms with Crippen molar-refractivity contribution in [2.75, 3.05) is 12.3 Å². The van der Waals surface area contributed by atoms with Gasteiger partial charge in [-0.05, 0) is 24.6 Å². The molecule has 5 rings (SSSR count). The van der Waals surface area contributed by atoms with E-state index in [-0.39, 0.29) is 22.6 Å². The van der Waals surface area contributed by atoms with Crippen molar-refractivity contribution in [1.82, 2.24) is 14.2 Å². The van der Waals surface area contributed by atoms with Crippen LogP contribution in [0.3, 0.4) is 0 Å². The van der Waals surface area contributed by atoms with Gasteiger partial charge in [0.15, 0.2) is 11.5 Å². The Bertz CT molecular complexity index is 1550. The number of imide groups is 1. The first-order valence-electron chi connectivity index (χ1n) is 11.3. The number of aryl methyl sites for hydroxylation is 2. The summed E-state index contributed by atoms with van der Waals surface area (Å²) in [6, 6.07) is 14.6. The van der Waals surface area contributed by atoms with Gasteiger partial charge in [0.2, 0.25) is 0 Å². The van der Waals surface area contributed by atoms with E-state index in [1.54, 1.807) is 62.6 Å². The topological polar surface area (TPSA) is 118 Å². The number of hydrogen-bond acceptors (Lipinski definition) is 7. The Kier molecular flexibility index (Phi) is 5.63. The van der Waals surface area contributed by atoms with Crippen LogP contribution in [0.1, 0.15) is 34.1 Å². The average Bonchev–Trinajstić information content (AvgIpc) is 3.23. The van der Waals surface area contributed by atoms with E-state index >= 15 is 0 Å². The second-order valence-corrected chi connectivity index (χ2v) is 8.41. The van der Waals surface area contributed by atoms with Crippen molar-refractivity contribution in [1.29, 1.82) is 0 Å². The van der Waals surface area contributed by atoms with Gasteiger partial charge < -0.3 is 20.0 Å². The molecule has 0 unspecified atom stereocenters. The molecule has 2 amide bonds. The van der Waals surface area contributed by atoms with Gasteiger partial charge in [-0.15, -0.1) is 0 Å². The van der Waals surface area contributed by atoms with Gasteiger partial charge in [0.25, 0.3) is 11.8 Å². The fourth-order valence-electron chi connectivity index (χ4n) is 4.07. The number of amides is 2. The van der Waals surface area contributed by atoms with E-state index in [1.165, 1.54) is 15.2 Å². The molecular formula is C26H24N4O6. The van der Waals surface area contributed by atoms with E-state index < -0.39 is 11.8 Å². The summed E-state index contributed by atoms with van der Waals surface area (Å²) in [5, 5.41) is 0.716. The molecule has 0 bridgehead atoms. The molecule has 0 saturated heterocycles. The third-order valence-electron chi connectivity index (χ3n) is 5.91. The Morgan fingerprint density at radius 1 is 0.806 bits per heavy atom. The Labute approximate surface area is 206 Å². The highest BCUT2D eigenvalue weighted by Crippen LogP contribution is 2.36. The number of nitrogens with two attached hydrogens (primary N) is 1. The first kappa shape index (κ1) is 23.0. The summed E-state index contributed by atoms with van der Waals surface area (Å²) in [6.07, 6.45) is 0.769. The van der Waals surface area contributed by atoms with E-state index in [4.69, 9.17) is 20.0 Å². The average molecular weight is 489 g/mol. The molecule has 1 aliphatic rings. The SMILES string of the molecule is CCCOc1cc(Oc2cc3c(cc2N)n(C)c(=O)n3C)cc(ON2C(=O)c3ccccc3C2=O)c1. The number of hydrogen-bond donors (Lipinski definition) is 1. The van der Waals surface area contributed by atoms with E-state index in [9.17, 15) is 14.4 Å². The minimum Gasteiger partial charge on any atom is -0.493 e. The Morgan fingerprint density at radius 3 is 2.03 bits per heavy atom. The molecule has 4 aromatic rings. The third-order valence-corrected chi connectivity index (χ3v) is 5.91. The van der Waals surface area contributed by atoms with Crippen LogP contribution in [-0.2, 0) is 14.1 Å². The van der Waals surface area contributed by atoms with Gasteiger partial charge in [0, 0.05) is 38.4 Å². The van der Waals surface area contributed by atoms with Crippen LogP contribution in [0, 0.1) is 0 Å². The number of carbonyl (C=O) groups excluding carboxylic acids is 2. The summed E-state index contributed by atoms with van der Waals surface area (Å²) in [5.74, 6) is 0.105. The van der Waals surface area contributed by atoms with Gasteiger partial charge in [0.05, 0.1) is 34.5 Å². The fraction of sp³-hybridized carbons (Fsp3) is 0.192. The van der Waals surface area contributed by atoms with Crippen LogP contribution in [0.4, 0.5) is 5.69 Å². The zero-order valence-corrected chi connectivity index (χ0v) is 20.0. The number of hydroxylamine groups is 2. The molecule has 1 aromatic heterocycles. The highest BCUT2D eigenvalue weighted by Gasteiger charge is 2.37. The van der Waals surface area contributed by atoms with Gasteiger partial charge in [0.1, 0.15) is 11.5 Å². The predicted molar refractivity (Wildman–Crippen MR) is 132 cm³/mol. The number of fused-ring (bicyclic) bond motifs is 2. The van der Waals surface area contributed by atoms with E-state index in [0.29, 0.717) is 45.6 Å². The van der Waals surface area contributed by atoms with Crippen LogP contribution in [0.2, 0.25) is 0 Å². The summed E-state index contributed by atoms with van der Waals surface area (Å²) in [6.45, 7) is 2.41. The van der Waals surface area contributed by atoms with Crippen molar-refractivity contribution in [3.05, 3.63) is 76.2 Å². The number of benzene rings is 3. The number of anilines is 1. The number of aromatic nitrogens is 2. The Hall–Kier alpha value is -4.73. The summed E-state index contributed by atoms with van der Waals surface area (Å²) >= 11 is 0. The predicted octanol–water partition coefficient (Wildman–Crippen LogP) is 3.63. The monoisotopic (exact) mass is 488 g/mol. The third kappa shape index (κ3) is 3.82. The number of imidazole rings is 1. The van der Waals surface area contributed by atoms with Gasteiger partial charge in [-0.2, -0.15) is 0 Å². The van der Waals surface area contributed by atoms with Crippen LogP contribution < -0.4 is 25.7 Å². The van der Waals surface area contributed by atoms with Crippen LogP contribution in [-0.4, -0.2) is 32.6 Å². The lowest BCUT2D eigenvalue weighted by atomic mass is 10.1.